The van der Waals surface area contributed by atoms with Crippen LogP contribution in [0.15, 0.2) is 16.6 Å². The highest BCUT2D eigenvalue weighted by Gasteiger charge is 2.12. The number of hydrogen-bond acceptors (Lipinski definition) is 3. The topological polar surface area (TPSA) is 72.2 Å². The molecule has 90 valence electrons. The SMILES string of the molecule is Cc1cc(Br)c(NS(=O)(=O)CCN)cc1Cl. The lowest BCUT2D eigenvalue weighted by Gasteiger charge is -2.10. The molecule has 1 aromatic rings. The predicted molar refractivity (Wildman–Crippen MR) is 70.4 cm³/mol. The van der Waals surface area contributed by atoms with Crippen LogP contribution < -0.4 is 10.5 Å². The highest BCUT2D eigenvalue weighted by Crippen LogP contribution is 2.29. The van der Waals surface area contributed by atoms with Crippen LogP contribution in [0.1, 0.15) is 5.56 Å². The molecule has 0 aliphatic heterocycles. The van der Waals surface area contributed by atoms with Crippen LogP contribution in [0.3, 0.4) is 0 Å². The molecule has 0 heterocycles. The van der Waals surface area contributed by atoms with Crippen LogP contribution in [0.4, 0.5) is 5.69 Å². The first kappa shape index (κ1) is 13.8. The second kappa shape index (κ2) is 5.35. The van der Waals surface area contributed by atoms with Crippen molar-refractivity contribution in [3.8, 4) is 0 Å². The standard InChI is InChI=1S/C9H12BrClN2O2S/c1-6-4-7(10)9(5-8(6)11)13-16(14,15)3-2-12/h4-5,13H,2-3,12H2,1H3. The van der Waals surface area contributed by atoms with Gasteiger partial charge in [0, 0.05) is 16.0 Å². The van der Waals surface area contributed by atoms with Crippen molar-refractivity contribution in [1.29, 1.82) is 0 Å². The van der Waals surface area contributed by atoms with Gasteiger partial charge in [-0.25, -0.2) is 8.42 Å². The third-order valence-corrected chi connectivity index (χ3v) is 4.27. The van der Waals surface area contributed by atoms with E-state index in [0.717, 1.165) is 5.56 Å². The first-order valence-electron chi connectivity index (χ1n) is 4.52. The Bertz CT molecular complexity index is 491. The maximum atomic E-state index is 11.5. The Morgan fingerprint density at radius 2 is 2.12 bits per heavy atom. The Kier molecular flexibility index (Phi) is 4.61. The van der Waals surface area contributed by atoms with Gasteiger partial charge in [0.1, 0.15) is 0 Å². The Balaban J connectivity index is 3.03. The van der Waals surface area contributed by atoms with E-state index < -0.39 is 10.0 Å². The molecule has 3 N–H and O–H groups in total. The molecule has 0 saturated heterocycles. The number of rotatable bonds is 4. The van der Waals surface area contributed by atoms with Gasteiger partial charge in [0.05, 0.1) is 11.4 Å². The fraction of sp³-hybridized carbons (Fsp3) is 0.333. The molecule has 0 saturated carbocycles. The molecular formula is C9H12BrClN2O2S. The van der Waals surface area contributed by atoms with Crippen LogP contribution in [-0.4, -0.2) is 20.7 Å². The zero-order chi connectivity index (χ0) is 12.3. The van der Waals surface area contributed by atoms with Crippen molar-refractivity contribution in [2.75, 3.05) is 17.0 Å². The normalized spacial score (nSPS) is 11.5. The van der Waals surface area contributed by atoms with Crippen molar-refractivity contribution in [3.05, 3.63) is 27.2 Å². The monoisotopic (exact) mass is 326 g/mol. The number of nitrogens with two attached hydrogens (primary N) is 1. The van der Waals surface area contributed by atoms with Crippen LogP contribution in [-0.2, 0) is 10.0 Å². The second-order valence-corrected chi connectivity index (χ2v) is 6.39. The first-order chi connectivity index (χ1) is 7.35. The van der Waals surface area contributed by atoms with Crippen LogP contribution in [0.5, 0.6) is 0 Å². The quantitative estimate of drug-likeness (QED) is 0.889. The largest absolute Gasteiger partial charge is 0.329 e. The van der Waals surface area contributed by atoms with E-state index in [-0.39, 0.29) is 12.3 Å². The molecule has 0 aromatic heterocycles. The van der Waals surface area contributed by atoms with E-state index in [1.165, 1.54) is 0 Å². The van der Waals surface area contributed by atoms with Crippen LogP contribution >= 0.6 is 27.5 Å². The molecule has 0 aliphatic rings. The molecule has 0 fully saturated rings. The molecule has 0 amide bonds. The summed E-state index contributed by atoms with van der Waals surface area (Å²) in [6, 6.07) is 3.32. The van der Waals surface area contributed by atoms with E-state index in [9.17, 15) is 8.42 Å². The summed E-state index contributed by atoms with van der Waals surface area (Å²) in [4.78, 5) is 0. The number of benzene rings is 1. The minimum Gasteiger partial charge on any atom is -0.329 e. The van der Waals surface area contributed by atoms with E-state index in [4.69, 9.17) is 17.3 Å². The molecule has 0 unspecified atom stereocenters. The number of aryl methyl sites for hydroxylation is 1. The highest BCUT2D eigenvalue weighted by atomic mass is 79.9. The summed E-state index contributed by atoms with van der Waals surface area (Å²) in [6.45, 7) is 1.91. The molecule has 0 spiro atoms. The average Bonchev–Trinajstić information content (AvgIpc) is 2.13. The lowest BCUT2D eigenvalue weighted by Crippen LogP contribution is -2.22. The average molecular weight is 328 g/mol. The third kappa shape index (κ3) is 3.62. The number of halogens is 2. The summed E-state index contributed by atoms with van der Waals surface area (Å²) in [5.74, 6) is -0.120. The number of anilines is 1. The summed E-state index contributed by atoms with van der Waals surface area (Å²) in [6.07, 6.45) is 0. The molecule has 0 radical (unpaired) electrons. The van der Waals surface area contributed by atoms with Gasteiger partial charge >= 0.3 is 0 Å². The fourth-order valence-corrected chi connectivity index (χ4v) is 2.87. The summed E-state index contributed by atoms with van der Waals surface area (Å²) in [5, 5.41) is 0.508. The Morgan fingerprint density at radius 3 is 2.69 bits per heavy atom. The Hall–Kier alpha value is -0.300. The minimum absolute atomic E-state index is 0.0759. The minimum atomic E-state index is -3.40. The van der Waals surface area contributed by atoms with E-state index in [2.05, 4.69) is 20.7 Å². The van der Waals surface area contributed by atoms with Crippen molar-refractivity contribution < 1.29 is 8.42 Å². The summed E-state index contributed by atoms with van der Waals surface area (Å²) < 4.78 is 26.1. The van der Waals surface area contributed by atoms with E-state index in [1.807, 2.05) is 6.92 Å². The molecule has 1 aromatic carbocycles. The highest BCUT2D eigenvalue weighted by molar-refractivity contribution is 9.10. The maximum Gasteiger partial charge on any atom is 0.234 e. The first-order valence-corrected chi connectivity index (χ1v) is 7.34. The summed E-state index contributed by atoms with van der Waals surface area (Å²) in [5.41, 5.74) is 6.49. The van der Waals surface area contributed by atoms with Crippen LogP contribution in [0.25, 0.3) is 0 Å². The molecule has 7 heteroatoms. The zero-order valence-corrected chi connectivity index (χ0v) is 11.8. The van der Waals surface area contributed by atoms with E-state index in [1.54, 1.807) is 12.1 Å². The third-order valence-electron chi connectivity index (χ3n) is 1.90. The lowest BCUT2D eigenvalue weighted by atomic mass is 10.2. The van der Waals surface area contributed by atoms with Crippen LogP contribution in [0.2, 0.25) is 5.02 Å². The smallest absolute Gasteiger partial charge is 0.234 e. The Morgan fingerprint density at radius 1 is 1.50 bits per heavy atom. The van der Waals surface area contributed by atoms with Crippen LogP contribution in [0, 0.1) is 6.92 Å². The summed E-state index contributed by atoms with van der Waals surface area (Å²) in [7, 11) is -3.40. The van der Waals surface area contributed by atoms with Gasteiger partial charge in [0.25, 0.3) is 0 Å². The number of nitrogens with one attached hydrogen (secondary N) is 1. The fourth-order valence-electron chi connectivity index (χ4n) is 1.10. The lowest BCUT2D eigenvalue weighted by molar-refractivity contribution is 0.601. The van der Waals surface area contributed by atoms with Crippen molar-refractivity contribution in [2.45, 2.75) is 6.92 Å². The predicted octanol–water partition coefficient (Wildman–Crippen LogP) is 2.11. The van der Waals surface area contributed by atoms with Gasteiger partial charge in [-0.05, 0) is 40.5 Å². The van der Waals surface area contributed by atoms with E-state index in [0.29, 0.717) is 15.2 Å². The van der Waals surface area contributed by atoms with Gasteiger partial charge in [-0.15, -0.1) is 0 Å². The molecule has 4 nitrogen and oxygen atoms in total. The van der Waals surface area contributed by atoms with Crippen molar-refractivity contribution in [1.82, 2.24) is 0 Å². The summed E-state index contributed by atoms with van der Waals surface area (Å²) >= 11 is 9.18. The van der Waals surface area contributed by atoms with Crippen molar-refractivity contribution in [3.63, 3.8) is 0 Å². The molecule has 1 rings (SSSR count). The van der Waals surface area contributed by atoms with Gasteiger partial charge in [-0.2, -0.15) is 0 Å². The van der Waals surface area contributed by atoms with Gasteiger partial charge in [0.15, 0.2) is 0 Å². The van der Waals surface area contributed by atoms with Crippen molar-refractivity contribution in [2.24, 2.45) is 5.73 Å². The maximum absolute atomic E-state index is 11.5. The van der Waals surface area contributed by atoms with E-state index >= 15 is 0 Å². The molecular weight excluding hydrogens is 316 g/mol. The van der Waals surface area contributed by atoms with Gasteiger partial charge in [0.2, 0.25) is 10.0 Å². The van der Waals surface area contributed by atoms with Crippen molar-refractivity contribution >= 4 is 43.2 Å². The second-order valence-electron chi connectivity index (χ2n) is 3.29. The Labute approximate surface area is 108 Å². The molecule has 0 atom stereocenters. The zero-order valence-electron chi connectivity index (χ0n) is 8.63. The van der Waals surface area contributed by atoms with Gasteiger partial charge in [-0.3, -0.25) is 4.72 Å². The molecule has 0 aliphatic carbocycles. The molecule has 16 heavy (non-hydrogen) atoms. The van der Waals surface area contributed by atoms with Gasteiger partial charge in [-0.1, -0.05) is 11.6 Å². The number of sulfonamides is 1. The molecule has 0 bridgehead atoms. The number of hydrogen-bond donors (Lipinski definition) is 2. The van der Waals surface area contributed by atoms with Gasteiger partial charge < -0.3 is 5.73 Å².